The van der Waals surface area contributed by atoms with Crippen LogP contribution < -0.4 is 20.1 Å². The van der Waals surface area contributed by atoms with Crippen LogP contribution in [0.3, 0.4) is 0 Å². The number of nitrogens with one attached hydrogen (secondary N) is 2. The van der Waals surface area contributed by atoms with E-state index in [9.17, 15) is 0 Å². The molecule has 29 heavy (non-hydrogen) atoms. The minimum atomic E-state index is -0.108. The Balaban J connectivity index is 1.87. The third-order valence-electron chi connectivity index (χ3n) is 4.20. The lowest BCUT2D eigenvalue weighted by Crippen LogP contribution is -2.27. The van der Waals surface area contributed by atoms with Gasteiger partial charge in [0.15, 0.2) is 11.5 Å². The van der Waals surface area contributed by atoms with Crippen LogP contribution in [0.5, 0.6) is 11.5 Å². The molecule has 0 aliphatic rings. The summed E-state index contributed by atoms with van der Waals surface area (Å²) in [5.41, 5.74) is 2.84. The molecule has 3 aromatic rings. The van der Waals surface area contributed by atoms with E-state index in [1.165, 1.54) is 0 Å². The molecule has 1 aromatic heterocycles. The Bertz CT molecular complexity index is 953. The predicted octanol–water partition coefficient (Wildman–Crippen LogP) is 4.98. The van der Waals surface area contributed by atoms with Gasteiger partial charge in [-0.2, -0.15) is 4.98 Å². The molecule has 6 nitrogen and oxygen atoms in total. The second kappa shape index (κ2) is 8.82. The number of anilines is 2. The molecule has 0 aliphatic heterocycles. The second-order valence-corrected chi connectivity index (χ2v) is 7.75. The topological polar surface area (TPSA) is 68.3 Å². The van der Waals surface area contributed by atoms with Crippen molar-refractivity contribution in [3.05, 3.63) is 60.2 Å². The number of hydrogen-bond donors (Lipinski definition) is 2. The van der Waals surface area contributed by atoms with Crippen molar-refractivity contribution < 1.29 is 9.47 Å². The molecule has 0 fully saturated rings. The van der Waals surface area contributed by atoms with Crippen molar-refractivity contribution in [3.8, 4) is 22.8 Å². The summed E-state index contributed by atoms with van der Waals surface area (Å²) in [6, 6.07) is 17.9. The molecular formula is C23H28N4O2. The lowest BCUT2D eigenvalue weighted by atomic mass is 10.1. The molecule has 0 radical (unpaired) electrons. The molecule has 0 unspecified atom stereocenters. The van der Waals surface area contributed by atoms with Crippen molar-refractivity contribution in [1.29, 1.82) is 0 Å². The monoisotopic (exact) mass is 392 g/mol. The average Bonchev–Trinajstić information content (AvgIpc) is 2.71. The van der Waals surface area contributed by atoms with Gasteiger partial charge in [0.2, 0.25) is 5.95 Å². The summed E-state index contributed by atoms with van der Waals surface area (Å²) in [6.45, 7) is 6.88. The quantitative estimate of drug-likeness (QED) is 0.591. The zero-order chi connectivity index (χ0) is 20.9. The van der Waals surface area contributed by atoms with E-state index in [0.717, 1.165) is 22.6 Å². The predicted molar refractivity (Wildman–Crippen MR) is 118 cm³/mol. The SMILES string of the molecule is COc1ccc(CNc2nc(NC(C)(C)C)cc(-c3ccccc3)n2)cc1OC. The smallest absolute Gasteiger partial charge is 0.225 e. The average molecular weight is 393 g/mol. The van der Waals surface area contributed by atoms with Crippen LogP contribution in [-0.2, 0) is 6.54 Å². The highest BCUT2D eigenvalue weighted by Crippen LogP contribution is 2.28. The van der Waals surface area contributed by atoms with Crippen molar-refractivity contribution in [2.24, 2.45) is 0 Å². The number of hydrogen-bond acceptors (Lipinski definition) is 6. The number of methoxy groups -OCH3 is 2. The summed E-state index contributed by atoms with van der Waals surface area (Å²) in [6.07, 6.45) is 0. The van der Waals surface area contributed by atoms with E-state index in [1.54, 1.807) is 14.2 Å². The maximum absolute atomic E-state index is 5.39. The van der Waals surface area contributed by atoms with Gasteiger partial charge in [0.25, 0.3) is 0 Å². The molecule has 1 heterocycles. The zero-order valence-electron chi connectivity index (χ0n) is 17.6. The van der Waals surface area contributed by atoms with E-state index in [2.05, 4.69) is 36.4 Å². The molecule has 6 heteroatoms. The van der Waals surface area contributed by atoms with Crippen LogP contribution in [-0.4, -0.2) is 29.7 Å². The van der Waals surface area contributed by atoms with Crippen LogP contribution in [0, 0.1) is 0 Å². The first-order chi connectivity index (χ1) is 13.9. The third-order valence-corrected chi connectivity index (χ3v) is 4.20. The van der Waals surface area contributed by atoms with Gasteiger partial charge in [-0.05, 0) is 38.5 Å². The van der Waals surface area contributed by atoms with Gasteiger partial charge in [0.1, 0.15) is 5.82 Å². The van der Waals surface area contributed by atoms with Crippen molar-refractivity contribution in [3.63, 3.8) is 0 Å². The highest BCUT2D eigenvalue weighted by atomic mass is 16.5. The summed E-state index contributed by atoms with van der Waals surface area (Å²) in [5.74, 6) is 2.74. The highest BCUT2D eigenvalue weighted by Gasteiger charge is 2.13. The van der Waals surface area contributed by atoms with E-state index >= 15 is 0 Å². The van der Waals surface area contributed by atoms with Gasteiger partial charge in [-0.1, -0.05) is 36.4 Å². The standard InChI is InChI=1S/C23H28N4O2/c1-23(2,3)27-21-14-18(17-9-7-6-8-10-17)25-22(26-21)24-15-16-11-12-19(28-4)20(13-16)29-5/h6-14H,15H2,1-5H3,(H2,24,25,26,27). The van der Waals surface area contributed by atoms with Crippen LogP contribution in [0.25, 0.3) is 11.3 Å². The van der Waals surface area contributed by atoms with E-state index in [1.807, 2.05) is 54.6 Å². The van der Waals surface area contributed by atoms with Gasteiger partial charge in [-0.25, -0.2) is 4.98 Å². The summed E-state index contributed by atoms with van der Waals surface area (Å²) >= 11 is 0. The number of aromatic nitrogens is 2. The summed E-state index contributed by atoms with van der Waals surface area (Å²) in [7, 11) is 3.26. The van der Waals surface area contributed by atoms with E-state index in [0.29, 0.717) is 24.0 Å². The fourth-order valence-corrected chi connectivity index (χ4v) is 2.90. The molecular weight excluding hydrogens is 364 g/mol. The van der Waals surface area contributed by atoms with Crippen molar-refractivity contribution in [1.82, 2.24) is 9.97 Å². The molecule has 0 bridgehead atoms. The number of ether oxygens (including phenoxy) is 2. The second-order valence-electron chi connectivity index (χ2n) is 7.75. The summed E-state index contributed by atoms with van der Waals surface area (Å²) in [4.78, 5) is 9.35. The maximum Gasteiger partial charge on any atom is 0.225 e. The Morgan fingerprint density at radius 2 is 1.59 bits per heavy atom. The van der Waals surface area contributed by atoms with Crippen LogP contribution in [0.2, 0.25) is 0 Å². The van der Waals surface area contributed by atoms with Gasteiger partial charge in [-0.3, -0.25) is 0 Å². The Hall–Kier alpha value is -3.28. The lowest BCUT2D eigenvalue weighted by molar-refractivity contribution is 0.354. The van der Waals surface area contributed by atoms with E-state index in [-0.39, 0.29) is 5.54 Å². The fraction of sp³-hybridized carbons (Fsp3) is 0.304. The van der Waals surface area contributed by atoms with Crippen LogP contribution in [0.4, 0.5) is 11.8 Å². The normalized spacial score (nSPS) is 11.1. The third kappa shape index (κ3) is 5.60. The first-order valence-corrected chi connectivity index (χ1v) is 9.55. The number of nitrogens with zero attached hydrogens (tertiary/aromatic N) is 2. The minimum absolute atomic E-state index is 0.108. The summed E-state index contributed by atoms with van der Waals surface area (Å²) in [5, 5.41) is 6.76. The van der Waals surface area contributed by atoms with Gasteiger partial charge < -0.3 is 20.1 Å². The zero-order valence-corrected chi connectivity index (χ0v) is 17.6. The largest absolute Gasteiger partial charge is 0.493 e. The maximum atomic E-state index is 5.39. The van der Waals surface area contributed by atoms with Crippen LogP contribution >= 0.6 is 0 Å². The Morgan fingerprint density at radius 3 is 2.24 bits per heavy atom. The van der Waals surface area contributed by atoms with Gasteiger partial charge >= 0.3 is 0 Å². The van der Waals surface area contributed by atoms with Crippen LogP contribution in [0.1, 0.15) is 26.3 Å². The Kier molecular flexibility index (Phi) is 6.22. The van der Waals surface area contributed by atoms with Crippen LogP contribution in [0.15, 0.2) is 54.6 Å². The molecule has 2 N–H and O–H groups in total. The first-order valence-electron chi connectivity index (χ1n) is 9.55. The molecule has 0 atom stereocenters. The number of benzene rings is 2. The Labute approximate surface area is 172 Å². The molecule has 2 aromatic carbocycles. The minimum Gasteiger partial charge on any atom is -0.493 e. The van der Waals surface area contributed by atoms with E-state index < -0.39 is 0 Å². The van der Waals surface area contributed by atoms with Crippen molar-refractivity contribution in [2.75, 3.05) is 24.9 Å². The van der Waals surface area contributed by atoms with Gasteiger partial charge in [-0.15, -0.1) is 0 Å². The number of rotatable bonds is 7. The Morgan fingerprint density at radius 1 is 0.862 bits per heavy atom. The molecule has 0 amide bonds. The molecule has 0 saturated heterocycles. The molecule has 152 valence electrons. The molecule has 0 saturated carbocycles. The fourth-order valence-electron chi connectivity index (χ4n) is 2.90. The van der Waals surface area contributed by atoms with Gasteiger partial charge in [0, 0.05) is 23.7 Å². The van der Waals surface area contributed by atoms with E-state index in [4.69, 9.17) is 14.5 Å². The first kappa shape index (κ1) is 20.5. The molecule has 3 rings (SSSR count). The highest BCUT2D eigenvalue weighted by molar-refractivity contribution is 5.64. The summed E-state index contributed by atoms with van der Waals surface area (Å²) < 4.78 is 10.7. The van der Waals surface area contributed by atoms with Crippen molar-refractivity contribution >= 4 is 11.8 Å². The van der Waals surface area contributed by atoms with Crippen molar-refractivity contribution in [2.45, 2.75) is 32.9 Å². The van der Waals surface area contributed by atoms with Gasteiger partial charge in [0.05, 0.1) is 19.9 Å². The molecule has 0 spiro atoms. The lowest BCUT2D eigenvalue weighted by Gasteiger charge is -2.22. The molecule has 0 aliphatic carbocycles.